The van der Waals surface area contributed by atoms with Crippen LogP contribution in [-0.4, -0.2) is 43.1 Å². The molecule has 0 fully saturated rings. The Morgan fingerprint density at radius 3 is 2.62 bits per heavy atom. The number of hydrogen-bond acceptors (Lipinski definition) is 4. The maximum Gasteiger partial charge on any atom is 0.325 e. The first-order valence-corrected chi connectivity index (χ1v) is 8.20. The lowest BCUT2D eigenvalue weighted by atomic mass is 10.2. The largest absolute Gasteiger partial charge is 0.459 e. The lowest BCUT2D eigenvalue weighted by Gasteiger charge is -2.23. The highest BCUT2D eigenvalue weighted by atomic mass is 79.9. The molecule has 1 rings (SSSR count). The van der Waals surface area contributed by atoms with Gasteiger partial charge in [0.2, 0.25) is 0 Å². The molecule has 0 unspecified atom stereocenters. The third-order valence-corrected chi connectivity index (χ3v) is 4.01. The highest BCUT2D eigenvalue weighted by Gasteiger charge is 2.17. The minimum absolute atomic E-state index is 0.0996. The Morgan fingerprint density at radius 1 is 1.48 bits per heavy atom. The van der Waals surface area contributed by atoms with Crippen LogP contribution in [0.1, 0.15) is 25.6 Å². The topological polar surface area (TPSA) is 53.9 Å². The Morgan fingerprint density at radius 2 is 2.14 bits per heavy atom. The molecule has 21 heavy (non-hydrogen) atoms. The normalized spacial score (nSPS) is 12.2. The van der Waals surface area contributed by atoms with Crippen molar-refractivity contribution >= 4 is 39.2 Å². The van der Waals surface area contributed by atoms with Gasteiger partial charge < -0.3 is 15.0 Å². The van der Waals surface area contributed by atoms with Gasteiger partial charge in [-0.25, -0.2) is 0 Å². The minimum atomic E-state index is -0.475. The van der Waals surface area contributed by atoms with Crippen LogP contribution < -0.4 is 5.32 Å². The second kappa shape index (κ2) is 7.79. The Hall–Kier alpha value is -1.08. The summed E-state index contributed by atoms with van der Waals surface area (Å²) in [6, 6.07) is 4.08. The number of guanidine groups is 1. The van der Waals surface area contributed by atoms with Crippen LogP contribution in [0, 0.1) is 0 Å². The molecule has 0 aliphatic carbocycles. The maximum absolute atomic E-state index is 11.7. The molecule has 0 aliphatic rings. The molecular weight excluding hydrogens is 354 g/mol. The highest BCUT2D eigenvalue weighted by Crippen LogP contribution is 2.22. The molecule has 0 saturated heterocycles. The number of rotatable bonds is 4. The molecule has 7 heteroatoms. The maximum atomic E-state index is 11.7. The van der Waals surface area contributed by atoms with E-state index in [4.69, 9.17) is 4.74 Å². The predicted octanol–water partition coefficient (Wildman–Crippen LogP) is 2.86. The van der Waals surface area contributed by atoms with Crippen LogP contribution in [0.5, 0.6) is 0 Å². The number of hydrogen-bond donors (Lipinski definition) is 1. The molecule has 1 heterocycles. The molecule has 118 valence electrons. The van der Waals surface area contributed by atoms with E-state index in [0.29, 0.717) is 5.96 Å². The number of aliphatic imine (C=N–C) groups is 1. The fraction of sp³-hybridized carbons (Fsp3) is 0.571. The molecule has 5 nitrogen and oxygen atoms in total. The van der Waals surface area contributed by atoms with Gasteiger partial charge in [0.25, 0.3) is 0 Å². The molecular formula is C14H22BrN3O2S. The SMILES string of the molecule is CN=C(NCC(=O)OC(C)(C)C)N(C)Cc1ccc(Br)s1. The van der Waals surface area contributed by atoms with Crippen LogP contribution in [0.15, 0.2) is 20.9 Å². The van der Waals surface area contributed by atoms with E-state index in [1.54, 1.807) is 18.4 Å². The zero-order valence-corrected chi connectivity index (χ0v) is 15.5. The third kappa shape index (κ3) is 6.95. The lowest BCUT2D eigenvalue weighted by molar-refractivity contribution is -0.153. The van der Waals surface area contributed by atoms with Crippen molar-refractivity contribution in [2.75, 3.05) is 20.6 Å². The number of thiophene rings is 1. The van der Waals surface area contributed by atoms with Gasteiger partial charge >= 0.3 is 5.97 Å². The summed E-state index contributed by atoms with van der Waals surface area (Å²) in [6.45, 7) is 6.37. The quantitative estimate of drug-likeness (QED) is 0.499. The Bertz CT molecular complexity index is 509. The minimum Gasteiger partial charge on any atom is -0.459 e. The number of carbonyl (C=O) groups is 1. The van der Waals surface area contributed by atoms with E-state index in [1.165, 1.54) is 4.88 Å². The fourth-order valence-corrected chi connectivity index (χ4v) is 3.20. The van der Waals surface area contributed by atoms with Crippen molar-refractivity contribution < 1.29 is 9.53 Å². The summed E-state index contributed by atoms with van der Waals surface area (Å²) in [5.74, 6) is 0.362. The summed E-state index contributed by atoms with van der Waals surface area (Å²) in [5, 5.41) is 3.01. The molecule has 0 amide bonds. The predicted molar refractivity (Wildman–Crippen MR) is 90.7 cm³/mol. The van der Waals surface area contributed by atoms with Crippen LogP contribution in [0.2, 0.25) is 0 Å². The van der Waals surface area contributed by atoms with E-state index in [2.05, 4.69) is 32.3 Å². The van der Waals surface area contributed by atoms with Gasteiger partial charge in [0.05, 0.1) is 10.3 Å². The number of halogens is 1. The van der Waals surface area contributed by atoms with Crippen molar-refractivity contribution in [1.29, 1.82) is 0 Å². The zero-order chi connectivity index (χ0) is 16.0. The summed E-state index contributed by atoms with van der Waals surface area (Å²) < 4.78 is 6.35. The van der Waals surface area contributed by atoms with Crippen LogP contribution in [0.25, 0.3) is 0 Å². The van der Waals surface area contributed by atoms with Gasteiger partial charge in [0, 0.05) is 19.0 Å². The number of nitrogens with one attached hydrogen (secondary N) is 1. The number of esters is 1. The van der Waals surface area contributed by atoms with E-state index in [9.17, 15) is 4.79 Å². The average molecular weight is 376 g/mol. The first kappa shape index (κ1) is 18.0. The molecule has 1 aromatic heterocycles. The Kier molecular flexibility index (Phi) is 6.67. The molecule has 0 spiro atoms. The van der Waals surface area contributed by atoms with Crippen molar-refractivity contribution in [2.45, 2.75) is 32.9 Å². The summed E-state index contributed by atoms with van der Waals surface area (Å²) in [6.07, 6.45) is 0. The van der Waals surface area contributed by atoms with Crippen molar-refractivity contribution in [3.63, 3.8) is 0 Å². The fourth-order valence-electron chi connectivity index (χ4n) is 1.66. The zero-order valence-electron chi connectivity index (χ0n) is 13.1. The van der Waals surface area contributed by atoms with Crippen molar-refractivity contribution in [2.24, 2.45) is 4.99 Å². The lowest BCUT2D eigenvalue weighted by Crippen LogP contribution is -2.42. The van der Waals surface area contributed by atoms with Crippen LogP contribution in [-0.2, 0) is 16.1 Å². The molecule has 0 aromatic carbocycles. The number of carbonyl (C=O) groups excluding carboxylic acids is 1. The van der Waals surface area contributed by atoms with Crippen molar-refractivity contribution in [1.82, 2.24) is 10.2 Å². The monoisotopic (exact) mass is 375 g/mol. The second-order valence-corrected chi connectivity index (χ2v) is 8.10. The van der Waals surface area contributed by atoms with Crippen LogP contribution in [0.3, 0.4) is 0 Å². The van der Waals surface area contributed by atoms with Gasteiger partial charge in [0.15, 0.2) is 5.96 Å². The summed E-state index contributed by atoms with van der Waals surface area (Å²) in [5.41, 5.74) is -0.475. The molecule has 0 saturated carbocycles. The molecule has 0 atom stereocenters. The van der Waals surface area contributed by atoms with E-state index < -0.39 is 5.60 Å². The molecule has 0 radical (unpaired) electrons. The van der Waals surface area contributed by atoms with Crippen molar-refractivity contribution in [3.05, 3.63) is 20.8 Å². The third-order valence-electron chi connectivity index (χ3n) is 2.41. The average Bonchev–Trinajstić information content (AvgIpc) is 2.73. The van der Waals surface area contributed by atoms with Crippen LogP contribution in [0.4, 0.5) is 0 Å². The van der Waals surface area contributed by atoms with Crippen molar-refractivity contribution in [3.8, 4) is 0 Å². The summed E-state index contributed by atoms with van der Waals surface area (Å²) in [7, 11) is 3.62. The van der Waals surface area contributed by atoms with E-state index >= 15 is 0 Å². The van der Waals surface area contributed by atoms with E-state index in [1.807, 2.05) is 38.8 Å². The van der Waals surface area contributed by atoms with Crippen LogP contribution >= 0.6 is 27.3 Å². The number of nitrogens with zero attached hydrogens (tertiary/aromatic N) is 2. The summed E-state index contributed by atoms with van der Waals surface area (Å²) in [4.78, 5) is 19.1. The number of ether oxygens (including phenoxy) is 1. The van der Waals surface area contributed by atoms with Gasteiger partial charge in [-0.05, 0) is 48.8 Å². The standard InChI is InChI=1S/C14H22BrN3O2S/c1-14(2,3)20-12(19)8-17-13(16-4)18(5)9-10-6-7-11(15)21-10/h6-7H,8-9H2,1-5H3,(H,16,17). The first-order valence-electron chi connectivity index (χ1n) is 6.59. The van der Waals surface area contributed by atoms with E-state index in [-0.39, 0.29) is 12.5 Å². The Labute approximate surface area is 138 Å². The molecule has 1 N–H and O–H groups in total. The van der Waals surface area contributed by atoms with Gasteiger partial charge in [0.1, 0.15) is 12.1 Å². The van der Waals surface area contributed by atoms with Gasteiger partial charge in [-0.15, -0.1) is 11.3 Å². The van der Waals surface area contributed by atoms with E-state index in [0.717, 1.165) is 10.3 Å². The van der Waals surface area contributed by atoms with Gasteiger partial charge in [-0.3, -0.25) is 9.79 Å². The highest BCUT2D eigenvalue weighted by molar-refractivity contribution is 9.11. The first-order chi connectivity index (χ1) is 9.71. The molecule has 0 aliphatic heterocycles. The Balaban J connectivity index is 2.49. The smallest absolute Gasteiger partial charge is 0.325 e. The molecule has 0 bridgehead atoms. The van der Waals surface area contributed by atoms with Gasteiger partial charge in [-0.1, -0.05) is 0 Å². The molecule has 1 aromatic rings. The van der Waals surface area contributed by atoms with Gasteiger partial charge in [-0.2, -0.15) is 0 Å². The summed E-state index contributed by atoms with van der Waals surface area (Å²) >= 11 is 5.12. The second-order valence-electron chi connectivity index (χ2n) is 5.55.